The van der Waals surface area contributed by atoms with Gasteiger partial charge in [0.1, 0.15) is 11.8 Å². The monoisotopic (exact) mass is 396 g/mol. The first-order valence-electron chi connectivity index (χ1n) is 10.2. The van der Waals surface area contributed by atoms with Crippen molar-refractivity contribution in [2.45, 2.75) is 46.2 Å². The summed E-state index contributed by atoms with van der Waals surface area (Å²) >= 11 is 0. The lowest BCUT2D eigenvalue weighted by Gasteiger charge is -2.31. The van der Waals surface area contributed by atoms with E-state index in [1.165, 1.54) is 0 Å². The number of methoxy groups -OCH3 is 1. The van der Waals surface area contributed by atoms with Gasteiger partial charge >= 0.3 is 0 Å². The Morgan fingerprint density at radius 3 is 2.21 bits per heavy atom. The van der Waals surface area contributed by atoms with Gasteiger partial charge in [-0.15, -0.1) is 0 Å². The van der Waals surface area contributed by atoms with Crippen molar-refractivity contribution in [1.29, 1.82) is 0 Å². The number of amides is 2. The molecule has 0 spiro atoms. The summed E-state index contributed by atoms with van der Waals surface area (Å²) < 4.78 is 5.19. The first-order valence-corrected chi connectivity index (χ1v) is 10.2. The van der Waals surface area contributed by atoms with Crippen molar-refractivity contribution in [3.05, 3.63) is 65.7 Å². The Kier molecular flexibility index (Phi) is 8.71. The quantitative estimate of drug-likeness (QED) is 0.664. The van der Waals surface area contributed by atoms with E-state index in [2.05, 4.69) is 19.2 Å². The molecule has 1 atom stereocenters. The highest BCUT2D eigenvalue weighted by atomic mass is 16.5. The number of ether oxygens (including phenoxy) is 1. The Labute approximate surface area is 174 Å². The number of rotatable bonds is 10. The van der Waals surface area contributed by atoms with Crippen LogP contribution in [0.5, 0.6) is 5.75 Å². The van der Waals surface area contributed by atoms with Gasteiger partial charge in [-0.05, 0) is 35.6 Å². The van der Waals surface area contributed by atoms with E-state index in [1.807, 2.05) is 61.5 Å². The van der Waals surface area contributed by atoms with Crippen LogP contribution in [0.4, 0.5) is 0 Å². The smallest absolute Gasteiger partial charge is 0.242 e. The van der Waals surface area contributed by atoms with E-state index >= 15 is 0 Å². The van der Waals surface area contributed by atoms with E-state index in [9.17, 15) is 9.59 Å². The van der Waals surface area contributed by atoms with Crippen LogP contribution in [0, 0.1) is 5.92 Å². The van der Waals surface area contributed by atoms with Crippen LogP contribution in [0.3, 0.4) is 0 Å². The molecule has 0 radical (unpaired) electrons. The lowest BCUT2D eigenvalue weighted by Crippen LogP contribution is -2.50. The van der Waals surface area contributed by atoms with Crippen LogP contribution < -0.4 is 10.1 Å². The van der Waals surface area contributed by atoms with Gasteiger partial charge < -0.3 is 15.0 Å². The third-order valence-corrected chi connectivity index (χ3v) is 4.78. The molecule has 0 saturated heterocycles. The van der Waals surface area contributed by atoms with E-state index in [-0.39, 0.29) is 18.2 Å². The molecule has 0 aliphatic heterocycles. The fourth-order valence-corrected chi connectivity index (χ4v) is 3.14. The van der Waals surface area contributed by atoms with Crippen LogP contribution in [0.1, 0.15) is 38.3 Å². The average Bonchev–Trinajstić information content (AvgIpc) is 2.73. The Morgan fingerprint density at radius 1 is 1.00 bits per heavy atom. The molecule has 5 nitrogen and oxygen atoms in total. The zero-order chi connectivity index (χ0) is 21.2. The molecule has 29 heavy (non-hydrogen) atoms. The van der Waals surface area contributed by atoms with Gasteiger partial charge in [0.2, 0.25) is 11.8 Å². The van der Waals surface area contributed by atoms with Crippen molar-refractivity contribution in [1.82, 2.24) is 10.2 Å². The lowest BCUT2D eigenvalue weighted by molar-refractivity contribution is -0.141. The van der Waals surface area contributed by atoms with Gasteiger partial charge in [-0.2, -0.15) is 0 Å². The summed E-state index contributed by atoms with van der Waals surface area (Å²) in [4.78, 5) is 27.8. The van der Waals surface area contributed by atoms with Gasteiger partial charge in [0.15, 0.2) is 0 Å². The number of carbonyl (C=O) groups is 2. The standard InChI is InChI=1S/C24H32N2O3/c1-5-22(24(28)25-16-18(2)3)26(17-20-9-7-6-8-10-20)23(27)15-19-11-13-21(29-4)14-12-19/h6-14,18,22H,5,15-17H2,1-4H3,(H,25,28). The minimum absolute atomic E-state index is 0.0643. The van der Waals surface area contributed by atoms with Crippen LogP contribution in [0.25, 0.3) is 0 Å². The normalized spacial score (nSPS) is 11.8. The molecule has 1 unspecified atom stereocenters. The molecule has 5 heteroatoms. The van der Waals surface area contributed by atoms with Gasteiger partial charge in [-0.25, -0.2) is 0 Å². The summed E-state index contributed by atoms with van der Waals surface area (Å²) in [5.74, 6) is 0.946. The van der Waals surface area contributed by atoms with Crippen molar-refractivity contribution < 1.29 is 14.3 Å². The van der Waals surface area contributed by atoms with Gasteiger partial charge in [-0.1, -0.05) is 63.2 Å². The second-order valence-electron chi connectivity index (χ2n) is 7.60. The number of carbonyl (C=O) groups excluding carboxylic acids is 2. The summed E-state index contributed by atoms with van der Waals surface area (Å²) in [5.41, 5.74) is 1.90. The van der Waals surface area contributed by atoms with Crippen molar-refractivity contribution in [3.63, 3.8) is 0 Å². The SMILES string of the molecule is CCC(C(=O)NCC(C)C)N(Cc1ccccc1)C(=O)Cc1ccc(OC)cc1. The number of hydrogen-bond acceptors (Lipinski definition) is 3. The average molecular weight is 397 g/mol. The van der Waals surface area contributed by atoms with Crippen LogP contribution in [0.15, 0.2) is 54.6 Å². The molecule has 0 bridgehead atoms. The Bertz CT molecular complexity index is 772. The van der Waals surface area contributed by atoms with Crippen molar-refractivity contribution in [3.8, 4) is 5.75 Å². The molecule has 0 aliphatic rings. The third-order valence-electron chi connectivity index (χ3n) is 4.78. The predicted molar refractivity (Wildman–Crippen MR) is 116 cm³/mol. The number of hydrogen-bond donors (Lipinski definition) is 1. The predicted octanol–water partition coefficient (Wildman–Crippen LogP) is 3.82. The van der Waals surface area contributed by atoms with E-state index in [0.717, 1.165) is 16.9 Å². The highest BCUT2D eigenvalue weighted by Crippen LogP contribution is 2.16. The van der Waals surface area contributed by atoms with Crippen LogP contribution in [-0.2, 0) is 22.6 Å². The fourth-order valence-electron chi connectivity index (χ4n) is 3.14. The topological polar surface area (TPSA) is 58.6 Å². The first-order chi connectivity index (χ1) is 13.9. The summed E-state index contributed by atoms with van der Waals surface area (Å²) in [6, 6.07) is 16.8. The maximum absolute atomic E-state index is 13.2. The van der Waals surface area contributed by atoms with Crippen molar-refractivity contribution in [2.24, 2.45) is 5.92 Å². The molecule has 2 aromatic carbocycles. The maximum Gasteiger partial charge on any atom is 0.242 e. The van der Waals surface area contributed by atoms with Crippen molar-refractivity contribution in [2.75, 3.05) is 13.7 Å². The fraction of sp³-hybridized carbons (Fsp3) is 0.417. The summed E-state index contributed by atoms with van der Waals surface area (Å²) in [5, 5.41) is 2.98. The molecule has 156 valence electrons. The van der Waals surface area contributed by atoms with E-state index < -0.39 is 6.04 Å². The molecule has 0 fully saturated rings. The van der Waals surface area contributed by atoms with E-state index in [0.29, 0.717) is 25.4 Å². The second-order valence-corrected chi connectivity index (χ2v) is 7.60. The first kappa shape index (κ1) is 22.5. The molecule has 0 aromatic heterocycles. The maximum atomic E-state index is 13.2. The third kappa shape index (κ3) is 6.93. The second kappa shape index (κ2) is 11.2. The molecule has 2 amide bonds. The molecule has 1 N–H and O–H groups in total. The number of nitrogens with one attached hydrogen (secondary N) is 1. The Balaban J connectivity index is 2.21. The molecular formula is C24H32N2O3. The lowest BCUT2D eigenvalue weighted by atomic mass is 10.1. The number of benzene rings is 2. The van der Waals surface area contributed by atoms with Crippen LogP contribution in [0.2, 0.25) is 0 Å². The van der Waals surface area contributed by atoms with Gasteiger partial charge in [0.05, 0.1) is 13.5 Å². The van der Waals surface area contributed by atoms with Gasteiger partial charge in [0, 0.05) is 13.1 Å². The van der Waals surface area contributed by atoms with Gasteiger partial charge in [0.25, 0.3) is 0 Å². The molecular weight excluding hydrogens is 364 g/mol. The number of nitrogens with zero attached hydrogens (tertiary/aromatic N) is 1. The highest BCUT2D eigenvalue weighted by molar-refractivity contribution is 5.88. The molecule has 2 rings (SSSR count). The molecule has 2 aromatic rings. The zero-order valence-electron chi connectivity index (χ0n) is 17.9. The van der Waals surface area contributed by atoms with Crippen molar-refractivity contribution >= 4 is 11.8 Å². The largest absolute Gasteiger partial charge is 0.497 e. The highest BCUT2D eigenvalue weighted by Gasteiger charge is 2.28. The molecule has 0 aliphatic carbocycles. The summed E-state index contributed by atoms with van der Waals surface area (Å²) in [6.45, 7) is 7.05. The Morgan fingerprint density at radius 2 is 1.66 bits per heavy atom. The molecule has 0 saturated carbocycles. The van der Waals surface area contributed by atoms with Crippen LogP contribution in [-0.4, -0.2) is 36.4 Å². The van der Waals surface area contributed by atoms with E-state index in [4.69, 9.17) is 4.74 Å². The van der Waals surface area contributed by atoms with Crippen LogP contribution >= 0.6 is 0 Å². The zero-order valence-corrected chi connectivity index (χ0v) is 17.9. The van der Waals surface area contributed by atoms with E-state index in [1.54, 1.807) is 12.0 Å². The van der Waals surface area contributed by atoms with Gasteiger partial charge in [-0.3, -0.25) is 9.59 Å². The molecule has 0 heterocycles. The minimum atomic E-state index is -0.500. The minimum Gasteiger partial charge on any atom is -0.497 e. The Hall–Kier alpha value is -2.82. The summed E-state index contributed by atoms with van der Waals surface area (Å²) in [6.07, 6.45) is 0.801. The summed E-state index contributed by atoms with van der Waals surface area (Å²) in [7, 11) is 1.61.